The zero-order chi connectivity index (χ0) is 23.3. The third kappa shape index (κ3) is 5.18. The summed E-state index contributed by atoms with van der Waals surface area (Å²) in [5.74, 6) is 0.127. The molecule has 172 valence electrons. The van der Waals surface area contributed by atoms with Gasteiger partial charge in [-0.15, -0.1) is 20.4 Å². The van der Waals surface area contributed by atoms with Gasteiger partial charge in [-0.25, -0.2) is 0 Å². The summed E-state index contributed by atoms with van der Waals surface area (Å²) in [5.41, 5.74) is 1.17. The van der Waals surface area contributed by atoms with Crippen molar-refractivity contribution < 1.29 is 9.59 Å². The van der Waals surface area contributed by atoms with Gasteiger partial charge in [-0.2, -0.15) is 0 Å². The van der Waals surface area contributed by atoms with Gasteiger partial charge in [0.15, 0.2) is 0 Å². The van der Waals surface area contributed by atoms with Crippen LogP contribution in [-0.2, 0) is 0 Å². The highest BCUT2D eigenvalue weighted by molar-refractivity contribution is 7.15. The summed E-state index contributed by atoms with van der Waals surface area (Å²) in [5, 5.41) is 25.6. The van der Waals surface area contributed by atoms with Crippen LogP contribution in [0.15, 0.2) is 60.7 Å². The second-order valence-corrected chi connectivity index (χ2v) is 10.1. The molecule has 1 saturated carbocycles. The van der Waals surface area contributed by atoms with E-state index in [2.05, 4.69) is 31.0 Å². The van der Waals surface area contributed by atoms with Crippen molar-refractivity contribution in [1.82, 2.24) is 20.4 Å². The molecule has 2 amide bonds. The topological polar surface area (TPSA) is 110 Å². The second kappa shape index (κ2) is 10.2. The van der Waals surface area contributed by atoms with Crippen molar-refractivity contribution in [1.29, 1.82) is 0 Å². The van der Waals surface area contributed by atoms with Crippen molar-refractivity contribution in [2.45, 2.75) is 37.5 Å². The summed E-state index contributed by atoms with van der Waals surface area (Å²) in [6.45, 7) is 0. The minimum atomic E-state index is -0.191. The van der Waals surface area contributed by atoms with Gasteiger partial charge < -0.3 is 0 Å². The Balaban J connectivity index is 1.21. The average molecular weight is 491 g/mol. The zero-order valence-electron chi connectivity index (χ0n) is 18.2. The summed E-state index contributed by atoms with van der Waals surface area (Å²) < 4.78 is 0. The highest BCUT2D eigenvalue weighted by Crippen LogP contribution is 2.43. The molecule has 2 heterocycles. The highest BCUT2D eigenvalue weighted by Gasteiger charge is 2.29. The summed E-state index contributed by atoms with van der Waals surface area (Å²) in [6, 6.07) is 18.1. The fourth-order valence-electron chi connectivity index (χ4n) is 4.06. The molecule has 0 radical (unpaired) electrons. The molecule has 2 atom stereocenters. The van der Waals surface area contributed by atoms with Gasteiger partial charge >= 0.3 is 0 Å². The molecule has 0 unspecified atom stereocenters. The number of rotatable bonds is 6. The fraction of sp³-hybridized carbons (Fsp3) is 0.250. The molecule has 34 heavy (non-hydrogen) atoms. The van der Waals surface area contributed by atoms with Crippen molar-refractivity contribution >= 4 is 44.8 Å². The Morgan fingerprint density at radius 2 is 1.12 bits per heavy atom. The second-order valence-electron chi connectivity index (χ2n) is 8.09. The number of carbonyl (C=O) groups is 2. The molecule has 5 rings (SSSR count). The first-order valence-corrected chi connectivity index (χ1v) is 12.7. The molecule has 1 aliphatic carbocycles. The molecule has 0 saturated heterocycles. The van der Waals surface area contributed by atoms with Crippen LogP contribution in [0, 0.1) is 0 Å². The number of anilines is 2. The molecule has 0 aliphatic heterocycles. The highest BCUT2D eigenvalue weighted by atomic mass is 32.1. The number of nitrogens with zero attached hydrogens (tertiary/aromatic N) is 4. The first kappa shape index (κ1) is 22.3. The minimum absolute atomic E-state index is 0.191. The van der Waals surface area contributed by atoms with E-state index in [-0.39, 0.29) is 23.7 Å². The van der Waals surface area contributed by atoms with E-state index in [4.69, 9.17) is 0 Å². The fourth-order valence-corrected chi connectivity index (χ4v) is 5.83. The number of aromatic nitrogens is 4. The number of hydrogen-bond donors (Lipinski definition) is 2. The zero-order valence-corrected chi connectivity index (χ0v) is 19.8. The molecular weight excluding hydrogens is 468 g/mol. The molecule has 2 aromatic heterocycles. The third-order valence-electron chi connectivity index (χ3n) is 5.77. The Bertz CT molecular complexity index is 1180. The van der Waals surface area contributed by atoms with Gasteiger partial charge in [-0.1, -0.05) is 65.5 Å². The molecule has 8 nitrogen and oxygen atoms in total. The normalized spacial score (nSPS) is 17.8. The molecule has 2 N–H and O–H groups in total. The van der Waals surface area contributed by atoms with E-state index in [9.17, 15) is 9.59 Å². The lowest BCUT2D eigenvalue weighted by Gasteiger charge is -2.25. The van der Waals surface area contributed by atoms with Crippen molar-refractivity contribution in [3.8, 4) is 0 Å². The van der Waals surface area contributed by atoms with Crippen molar-refractivity contribution in [3.63, 3.8) is 0 Å². The summed E-state index contributed by atoms with van der Waals surface area (Å²) >= 11 is 2.85. The van der Waals surface area contributed by atoms with Gasteiger partial charge in [0.1, 0.15) is 10.0 Å². The van der Waals surface area contributed by atoms with Gasteiger partial charge in [-0.05, 0) is 43.5 Å². The lowest BCUT2D eigenvalue weighted by Crippen LogP contribution is -2.13. The smallest absolute Gasteiger partial charge is 0.257 e. The van der Waals surface area contributed by atoms with E-state index >= 15 is 0 Å². The Morgan fingerprint density at radius 3 is 1.56 bits per heavy atom. The molecule has 4 aromatic rings. The lowest BCUT2D eigenvalue weighted by atomic mass is 9.82. The Labute approximate surface area is 204 Å². The maximum Gasteiger partial charge on any atom is 0.257 e. The van der Waals surface area contributed by atoms with Crippen molar-refractivity contribution in [3.05, 3.63) is 81.8 Å². The standard InChI is InChI=1S/C24H22N6O2S2/c31-19(15-8-3-1-4-9-15)25-23-29-27-21(33-23)17-12-7-13-18(14-17)22-28-30-24(34-22)26-20(32)16-10-5-2-6-11-16/h1-6,8-11,17-18H,7,12-14H2,(H,25,29,31)(H,26,30,32)/t17-,18-/m0/s1. The molecule has 10 heteroatoms. The van der Waals surface area contributed by atoms with E-state index < -0.39 is 0 Å². The van der Waals surface area contributed by atoms with Gasteiger partial charge in [0.05, 0.1) is 0 Å². The number of benzene rings is 2. The van der Waals surface area contributed by atoms with E-state index in [1.165, 1.54) is 22.7 Å². The first-order valence-electron chi connectivity index (χ1n) is 11.1. The maximum absolute atomic E-state index is 12.4. The monoisotopic (exact) mass is 490 g/mol. The quantitative estimate of drug-likeness (QED) is 0.378. The molecule has 0 bridgehead atoms. The first-order chi connectivity index (χ1) is 16.7. The van der Waals surface area contributed by atoms with Crippen molar-refractivity contribution in [2.24, 2.45) is 0 Å². The van der Waals surface area contributed by atoms with E-state index in [1.54, 1.807) is 24.3 Å². The van der Waals surface area contributed by atoms with Gasteiger partial charge in [0.25, 0.3) is 11.8 Å². The van der Waals surface area contributed by atoms with Crippen molar-refractivity contribution in [2.75, 3.05) is 10.6 Å². The Morgan fingerprint density at radius 1 is 0.676 bits per heavy atom. The van der Waals surface area contributed by atoms with Crippen LogP contribution in [0.25, 0.3) is 0 Å². The molecule has 1 aliphatic rings. The third-order valence-corrected chi connectivity index (χ3v) is 7.77. The van der Waals surface area contributed by atoms with Crippen LogP contribution < -0.4 is 10.6 Å². The molecule has 2 aromatic carbocycles. The molecule has 1 fully saturated rings. The summed E-state index contributed by atoms with van der Waals surface area (Å²) in [6.07, 6.45) is 3.98. The predicted octanol–water partition coefficient (Wildman–Crippen LogP) is 5.34. The summed E-state index contributed by atoms with van der Waals surface area (Å²) in [4.78, 5) is 24.8. The van der Waals surface area contributed by atoms with Crippen LogP contribution >= 0.6 is 22.7 Å². The van der Waals surface area contributed by atoms with Crippen LogP contribution in [-0.4, -0.2) is 32.2 Å². The van der Waals surface area contributed by atoms with E-state index in [0.717, 1.165) is 35.7 Å². The molecule has 0 spiro atoms. The largest absolute Gasteiger partial charge is 0.296 e. The van der Waals surface area contributed by atoms with Gasteiger partial charge in [0, 0.05) is 23.0 Å². The number of amides is 2. The number of carbonyl (C=O) groups excluding carboxylic acids is 2. The predicted molar refractivity (Wildman–Crippen MR) is 133 cm³/mol. The molecular formula is C24H22N6O2S2. The van der Waals surface area contributed by atoms with Gasteiger partial charge in [-0.3, -0.25) is 20.2 Å². The van der Waals surface area contributed by atoms with Gasteiger partial charge in [0.2, 0.25) is 10.3 Å². The van der Waals surface area contributed by atoms with Crippen LogP contribution in [0.2, 0.25) is 0 Å². The minimum Gasteiger partial charge on any atom is -0.296 e. The average Bonchev–Trinajstić information content (AvgIpc) is 3.55. The van der Waals surface area contributed by atoms with Crippen LogP contribution in [0.1, 0.15) is 68.3 Å². The van der Waals surface area contributed by atoms with Crippen LogP contribution in [0.5, 0.6) is 0 Å². The van der Waals surface area contributed by atoms with E-state index in [1.807, 2.05) is 36.4 Å². The number of nitrogens with one attached hydrogen (secondary N) is 2. The van der Waals surface area contributed by atoms with Crippen LogP contribution in [0.3, 0.4) is 0 Å². The Hall–Kier alpha value is -3.50. The van der Waals surface area contributed by atoms with Crippen LogP contribution in [0.4, 0.5) is 10.3 Å². The maximum atomic E-state index is 12.4. The van der Waals surface area contributed by atoms with E-state index in [0.29, 0.717) is 21.4 Å². The summed E-state index contributed by atoms with van der Waals surface area (Å²) in [7, 11) is 0. The lowest BCUT2D eigenvalue weighted by molar-refractivity contribution is 0.101. The SMILES string of the molecule is O=C(Nc1nnc([C@H]2CCC[C@H](c3nnc(NC(=O)c4ccccc4)s3)C2)s1)c1ccccc1. The number of hydrogen-bond acceptors (Lipinski definition) is 8. The Kier molecular flexibility index (Phi) is 6.68.